The zero-order chi connectivity index (χ0) is 9.14. The molecular weight excluding hydrogens is 212 g/mol. The van der Waals surface area contributed by atoms with Crippen LogP contribution in [0.4, 0.5) is 4.39 Å². The molecule has 1 aromatic rings. The first-order valence-corrected chi connectivity index (χ1v) is 4.10. The van der Waals surface area contributed by atoms with Crippen LogP contribution < -0.4 is 5.73 Å². The van der Waals surface area contributed by atoms with E-state index in [1.807, 2.05) is 6.92 Å². The smallest absolute Gasteiger partial charge is 0.109 e. The van der Waals surface area contributed by atoms with Gasteiger partial charge in [0.2, 0.25) is 0 Å². The Kier molecular flexibility index (Phi) is 5.30. The molecular formula is C9H12Cl2FN. The standard InChI is InChI=1S/C9H11ClFN.ClH/c1-6-4-7(10)2-3-8(6)9(12)5-11;/h2-4,9H,5,12H2,1H3;1H/t9-;/m0./s1. The molecule has 0 saturated heterocycles. The Morgan fingerprint density at radius 3 is 2.62 bits per heavy atom. The van der Waals surface area contributed by atoms with Gasteiger partial charge in [0, 0.05) is 5.02 Å². The molecule has 1 rings (SSSR count). The van der Waals surface area contributed by atoms with Crippen LogP contribution in [0.25, 0.3) is 0 Å². The molecule has 1 aromatic carbocycles. The van der Waals surface area contributed by atoms with Gasteiger partial charge in [-0.2, -0.15) is 0 Å². The largest absolute Gasteiger partial charge is 0.322 e. The maximum Gasteiger partial charge on any atom is 0.109 e. The van der Waals surface area contributed by atoms with Crippen molar-refractivity contribution in [1.82, 2.24) is 0 Å². The van der Waals surface area contributed by atoms with Crippen molar-refractivity contribution in [2.75, 3.05) is 6.67 Å². The highest BCUT2D eigenvalue weighted by Gasteiger charge is 2.07. The van der Waals surface area contributed by atoms with Crippen molar-refractivity contribution in [2.45, 2.75) is 13.0 Å². The predicted octanol–water partition coefficient (Wildman–Crippen LogP) is 3.04. The fourth-order valence-electron chi connectivity index (χ4n) is 1.14. The van der Waals surface area contributed by atoms with E-state index in [1.54, 1.807) is 18.2 Å². The Bertz CT molecular complexity index is 278. The average molecular weight is 224 g/mol. The van der Waals surface area contributed by atoms with E-state index in [2.05, 4.69) is 0 Å². The van der Waals surface area contributed by atoms with Crippen LogP contribution >= 0.6 is 24.0 Å². The summed E-state index contributed by atoms with van der Waals surface area (Å²) < 4.78 is 12.2. The number of nitrogens with two attached hydrogens (primary N) is 1. The molecule has 0 spiro atoms. The summed E-state index contributed by atoms with van der Waals surface area (Å²) in [7, 11) is 0. The number of alkyl halides is 1. The molecule has 0 heterocycles. The zero-order valence-corrected chi connectivity index (χ0v) is 8.83. The first-order valence-electron chi connectivity index (χ1n) is 3.72. The van der Waals surface area contributed by atoms with Crippen molar-refractivity contribution in [3.8, 4) is 0 Å². The maximum atomic E-state index is 12.2. The zero-order valence-electron chi connectivity index (χ0n) is 7.26. The van der Waals surface area contributed by atoms with Crippen molar-refractivity contribution < 1.29 is 4.39 Å². The van der Waals surface area contributed by atoms with Crippen molar-refractivity contribution in [2.24, 2.45) is 5.73 Å². The van der Waals surface area contributed by atoms with Gasteiger partial charge in [-0.1, -0.05) is 17.7 Å². The molecule has 0 saturated carbocycles. The maximum absolute atomic E-state index is 12.2. The van der Waals surface area contributed by atoms with Gasteiger partial charge in [0.25, 0.3) is 0 Å². The molecule has 13 heavy (non-hydrogen) atoms. The number of hydrogen-bond acceptors (Lipinski definition) is 1. The van der Waals surface area contributed by atoms with Gasteiger partial charge < -0.3 is 5.73 Å². The van der Waals surface area contributed by atoms with E-state index in [1.165, 1.54) is 0 Å². The molecule has 0 aliphatic heterocycles. The van der Waals surface area contributed by atoms with Gasteiger partial charge in [0.15, 0.2) is 0 Å². The van der Waals surface area contributed by atoms with E-state index in [0.717, 1.165) is 11.1 Å². The third kappa shape index (κ3) is 3.14. The van der Waals surface area contributed by atoms with Gasteiger partial charge in [0.05, 0.1) is 6.04 Å². The first-order chi connectivity index (χ1) is 5.65. The highest BCUT2D eigenvalue weighted by Crippen LogP contribution is 2.19. The molecule has 74 valence electrons. The summed E-state index contributed by atoms with van der Waals surface area (Å²) in [6.45, 7) is 1.33. The number of aryl methyl sites for hydroxylation is 1. The second kappa shape index (κ2) is 5.43. The van der Waals surface area contributed by atoms with Gasteiger partial charge in [0.1, 0.15) is 6.67 Å². The van der Waals surface area contributed by atoms with Crippen LogP contribution in [0.2, 0.25) is 5.02 Å². The molecule has 4 heteroatoms. The molecule has 0 aliphatic carbocycles. The van der Waals surface area contributed by atoms with E-state index < -0.39 is 12.7 Å². The fraction of sp³-hybridized carbons (Fsp3) is 0.333. The van der Waals surface area contributed by atoms with Crippen LogP contribution in [0.3, 0.4) is 0 Å². The Balaban J connectivity index is 0.00000144. The number of benzene rings is 1. The van der Waals surface area contributed by atoms with Crippen LogP contribution in [0.15, 0.2) is 18.2 Å². The normalized spacial score (nSPS) is 12.0. The van der Waals surface area contributed by atoms with Gasteiger partial charge in [-0.05, 0) is 30.2 Å². The third-order valence-corrected chi connectivity index (χ3v) is 2.03. The summed E-state index contributed by atoms with van der Waals surface area (Å²) in [6, 6.07) is 4.75. The van der Waals surface area contributed by atoms with Gasteiger partial charge in [-0.15, -0.1) is 12.4 Å². The highest BCUT2D eigenvalue weighted by atomic mass is 35.5. The molecule has 2 N–H and O–H groups in total. The lowest BCUT2D eigenvalue weighted by atomic mass is 10.0. The van der Waals surface area contributed by atoms with Gasteiger partial charge in [-0.25, -0.2) is 4.39 Å². The number of halogens is 3. The number of rotatable bonds is 2. The molecule has 0 radical (unpaired) electrons. The Hall–Kier alpha value is -0.310. The van der Waals surface area contributed by atoms with E-state index in [-0.39, 0.29) is 12.4 Å². The first kappa shape index (κ1) is 12.7. The Labute approximate surface area is 88.5 Å². The molecule has 0 unspecified atom stereocenters. The van der Waals surface area contributed by atoms with Crippen molar-refractivity contribution in [1.29, 1.82) is 0 Å². The molecule has 0 aliphatic rings. The molecule has 0 bridgehead atoms. The fourth-order valence-corrected chi connectivity index (χ4v) is 1.36. The quantitative estimate of drug-likeness (QED) is 0.820. The van der Waals surface area contributed by atoms with Crippen molar-refractivity contribution in [3.63, 3.8) is 0 Å². The second-order valence-corrected chi connectivity index (χ2v) is 3.20. The molecule has 1 atom stereocenters. The van der Waals surface area contributed by atoms with Crippen LogP contribution in [0.1, 0.15) is 17.2 Å². The Morgan fingerprint density at radius 2 is 2.15 bits per heavy atom. The summed E-state index contributed by atoms with van der Waals surface area (Å²) in [5.74, 6) is 0. The lowest BCUT2D eigenvalue weighted by Crippen LogP contribution is -2.13. The van der Waals surface area contributed by atoms with E-state index in [4.69, 9.17) is 17.3 Å². The highest BCUT2D eigenvalue weighted by molar-refractivity contribution is 6.30. The average Bonchev–Trinajstić information content (AvgIpc) is 2.03. The molecule has 0 amide bonds. The van der Waals surface area contributed by atoms with Crippen molar-refractivity contribution in [3.05, 3.63) is 34.3 Å². The van der Waals surface area contributed by atoms with E-state index in [9.17, 15) is 4.39 Å². The summed E-state index contributed by atoms with van der Waals surface area (Å²) in [4.78, 5) is 0. The minimum absolute atomic E-state index is 0. The van der Waals surface area contributed by atoms with Crippen LogP contribution in [0, 0.1) is 6.92 Å². The van der Waals surface area contributed by atoms with Crippen LogP contribution in [-0.2, 0) is 0 Å². The summed E-state index contributed by atoms with van der Waals surface area (Å²) in [5, 5.41) is 0.655. The van der Waals surface area contributed by atoms with Crippen LogP contribution in [0.5, 0.6) is 0 Å². The molecule has 1 nitrogen and oxygen atoms in total. The lowest BCUT2D eigenvalue weighted by Gasteiger charge is -2.10. The van der Waals surface area contributed by atoms with E-state index in [0.29, 0.717) is 5.02 Å². The number of hydrogen-bond donors (Lipinski definition) is 1. The summed E-state index contributed by atoms with van der Waals surface area (Å²) in [5.41, 5.74) is 7.29. The van der Waals surface area contributed by atoms with Gasteiger partial charge >= 0.3 is 0 Å². The topological polar surface area (TPSA) is 26.0 Å². The predicted molar refractivity (Wildman–Crippen MR) is 56.3 cm³/mol. The van der Waals surface area contributed by atoms with Crippen LogP contribution in [-0.4, -0.2) is 6.67 Å². The van der Waals surface area contributed by atoms with Gasteiger partial charge in [-0.3, -0.25) is 0 Å². The SMILES string of the molecule is Cc1cc(Cl)ccc1[C@@H](N)CF.Cl. The Morgan fingerprint density at radius 1 is 1.54 bits per heavy atom. The lowest BCUT2D eigenvalue weighted by molar-refractivity contribution is 0.436. The van der Waals surface area contributed by atoms with Crippen molar-refractivity contribution >= 4 is 24.0 Å². The molecule has 0 fully saturated rings. The summed E-state index contributed by atoms with van der Waals surface area (Å²) >= 11 is 5.73. The minimum Gasteiger partial charge on any atom is -0.322 e. The monoisotopic (exact) mass is 223 g/mol. The molecule has 0 aromatic heterocycles. The third-order valence-electron chi connectivity index (χ3n) is 1.80. The second-order valence-electron chi connectivity index (χ2n) is 2.76. The van der Waals surface area contributed by atoms with E-state index >= 15 is 0 Å². The summed E-state index contributed by atoms with van der Waals surface area (Å²) in [6.07, 6.45) is 0. The minimum atomic E-state index is -0.539.